The quantitative estimate of drug-likeness (QED) is 0.557. The molecule has 168 valence electrons. The molecule has 2 aliphatic rings. The maximum Gasteiger partial charge on any atom is 0.231 e. The van der Waals surface area contributed by atoms with Gasteiger partial charge in [0.15, 0.2) is 11.5 Å². The number of methoxy groups -OCH3 is 1. The van der Waals surface area contributed by atoms with E-state index in [-0.39, 0.29) is 0 Å². The van der Waals surface area contributed by atoms with Gasteiger partial charge in [0.1, 0.15) is 11.6 Å². The van der Waals surface area contributed by atoms with Crippen molar-refractivity contribution in [2.75, 3.05) is 69.0 Å². The summed E-state index contributed by atoms with van der Waals surface area (Å²) < 4.78 is 11.6. The first-order chi connectivity index (χ1) is 15.2. The molecule has 1 aromatic heterocycles. The van der Waals surface area contributed by atoms with Crippen molar-refractivity contribution < 1.29 is 9.47 Å². The van der Waals surface area contributed by atoms with Gasteiger partial charge in [-0.05, 0) is 57.3 Å². The normalized spacial score (nSPS) is 16.5. The molecular weight excluding hydrogens is 392 g/mol. The van der Waals surface area contributed by atoms with Gasteiger partial charge < -0.3 is 29.9 Å². The number of hydrogen-bond acceptors (Lipinski definition) is 8. The molecule has 0 saturated carbocycles. The summed E-state index contributed by atoms with van der Waals surface area (Å²) in [4.78, 5) is 14.1. The number of aromatic nitrogens is 2. The van der Waals surface area contributed by atoms with E-state index >= 15 is 0 Å². The van der Waals surface area contributed by atoms with Crippen LogP contribution in [0.15, 0.2) is 24.3 Å². The molecule has 2 saturated heterocycles. The Morgan fingerprint density at radius 1 is 0.968 bits per heavy atom. The van der Waals surface area contributed by atoms with Crippen LogP contribution in [0.4, 0.5) is 23.3 Å². The summed E-state index contributed by atoms with van der Waals surface area (Å²) in [6.45, 7) is 6.27. The number of rotatable bonds is 10. The zero-order valence-corrected chi connectivity index (χ0v) is 18.7. The lowest BCUT2D eigenvalue weighted by Gasteiger charge is -2.19. The Morgan fingerprint density at radius 3 is 2.48 bits per heavy atom. The van der Waals surface area contributed by atoms with Crippen LogP contribution in [0.3, 0.4) is 0 Å². The highest BCUT2D eigenvalue weighted by Gasteiger charge is 2.16. The number of nitrogens with zero attached hydrogens (tertiary/aromatic N) is 4. The maximum absolute atomic E-state index is 6.06. The minimum atomic E-state index is 0.568. The molecule has 8 nitrogen and oxygen atoms in total. The van der Waals surface area contributed by atoms with E-state index in [9.17, 15) is 0 Å². The van der Waals surface area contributed by atoms with E-state index in [1.807, 2.05) is 31.3 Å². The molecule has 0 radical (unpaired) electrons. The molecule has 2 fully saturated rings. The molecule has 0 amide bonds. The molecule has 4 rings (SSSR count). The Labute approximate surface area is 185 Å². The summed E-state index contributed by atoms with van der Waals surface area (Å²) in [6.07, 6.45) is 6.06. The molecule has 8 heteroatoms. The van der Waals surface area contributed by atoms with Crippen molar-refractivity contribution in [2.45, 2.75) is 32.1 Å². The van der Waals surface area contributed by atoms with Gasteiger partial charge in [-0.15, -0.1) is 0 Å². The van der Waals surface area contributed by atoms with E-state index in [0.717, 1.165) is 54.9 Å². The van der Waals surface area contributed by atoms with Crippen LogP contribution in [-0.4, -0.2) is 68.4 Å². The van der Waals surface area contributed by atoms with E-state index in [4.69, 9.17) is 14.5 Å². The molecule has 3 heterocycles. The topological polar surface area (TPSA) is 74.8 Å². The molecule has 2 aromatic rings. The van der Waals surface area contributed by atoms with Gasteiger partial charge in [-0.3, -0.25) is 0 Å². The van der Waals surface area contributed by atoms with Crippen molar-refractivity contribution in [3.8, 4) is 11.5 Å². The molecule has 0 bridgehead atoms. The van der Waals surface area contributed by atoms with Gasteiger partial charge >= 0.3 is 0 Å². The van der Waals surface area contributed by atoms with Gasteiger partial charge in [0.2, 0.25) is 5.95 Å². The number of hydrogen-bond donors (Lipinski definition) is 2. The van der Waals surface area contributed by atoms with Gasteiger partial charge in [-0.2, -0.15) is 9.97 Å². The van der Waals surface area contributed by atoms with Crippen LogP contribution in [0.25, 0.3) is 0 Å². The molecule has 0 unspecified atom stereocenters. The second-order valence-electron chi connectivity index (χ2n) is 8.12. The average molecular weight is 427 g/mol. The maximum atomic E-state index is 6.06. The molecule has 0 spiro atoms. The van der Waals surface area contributed by atoms with E-state index in [0.29, 0.717) is 12.6 Å². The second-order valence-corrected chi connectivity index (χ2v) is 8.12. The summed E-state index contributed by atoms with van der Waals surface area (Å²) in [5.74, 6) is 3.78. The van der Waals surface area contributed by atoms with Crippen molar-refractivity contribution in [1.82, 2.24) is 14.9 Å². The molecule has 1 aromatic carbocycles. The lowest BCUT2D eigenvalue weighted by molar-refractivity contribution is 0.254. The molecular formula is C23H34N6O2. The minimum absolute atomic E-state index is 0.568. The van der Waals surface area contributed by atoms with Crippen molar-refractivity contribution >= 4 is 23.3 Å². The van der Waals surface area contributed by atoms with Crippen LogP contribution in [0, 0.1) is 0 Å². The smallest absolute Gasteiger partial charge is 0.231 e. The fourth-order valence-corrected chi connectivity index (χ4v) is 4.20. The Kier molecular flexibility index (Phi) is 7.30. The Morgan fingerprint density at radius 2 is 1.74 bits per heavy atom. The molecule has 0 atom stereocenters. The summed E-state index contributed by atoms with van der Waals surface area (Å²) in [7, 11) is 3.54. The Bertz CT molecular complexity index is 850. The summed E-state index contributed by atoms with van der Waals surface area (Å²) in [5.41, 5.74) is 0.871. The highest BCUT2D eigenvalue weighted by molar-refractivity contribution is 5.62. The highest BCUT2D eigenvalue weighted by atomic mass is 16.5. The van der Waals surface area contributed by atoms with Gasteiger partial charge in [0.25, 0.3) is 0 Å². The van der Waals surface area contributed by atoms with E-state index in [1.165, 1.54) is 38.8 Å². The van der Waals surface area contributed by atoms with Gasteiger partial charge in [0.05, 0.1) is 13.7 Å². The van der Waals surface area contributed by atoms with Crippen molar-refractivity contribution in [3.05, 3.63) is 24.3 Å². The number of ether oxygens (including phenoxy) is 2. The number of nitrogens with one attached hydrogen (secondary N) is 2. The van der Waals surface area contributed by atoms with E-state index in [2.05, 4.69) is 25.4 Å². The second kappa shape index (κ2) is 10.5. The zero-order chi connectivity index (χ0) is 21.5. The highest BCUT2D eigenvalue weighted by Crippen LogP contribution is 2.32. The van der Waals surface area contributed by atoms with Crippen LogP contribution >= 0.6 is 0 Å². The molecule has 2 N–H and O–H groups in total. The van der Waals surface area contributed by atoms with Crippen molar-refractivity contribution in [3.63, 3.8) is 0 Å². The third-order valence-electron chi connectivity index (χ3n) is 5.89. The molecule has 31 heavy (non-hydrogen) atoms. The summed E-state index contributed by atoms with van der Waals surface area (Å²) >= 11 is 0. The number of likely N-dealkylation sites (tertiary alicyclic amines) is 1. The predicted octanol–water partition coefficient (Wildman–Crippen LogP) is 3.74. The fraction of sp³-hybridized carbons (Fsp3) is 0.565. The van der Waals surface area contributed by atoms with Crippen LogP contribution < -0.4 is 25.0 Å². The summed E-state index contributed by atoms with van der Waals surface area (Å²) in [5, 5.41) is 6.47. The van der Waals surface area contributed by atoms with Gasteiger partial charge in [-0.1, -0.05) is 0 Å². The standard InChI is InChI=1S/C23H34N6O2/c1-24-21-17-22(29-13-5-6-14-29)27-23(26-21)25-18-8-9-19(30-2)20(16-18)31-15-7-12-28-10-3-4-11-28/h8-9,16-17H,3-7,10-15H2,1-2H3,(H2,24,25,26,27). The SMILES string of the molecule is CNc1cc(N2CCCC2)nc(Nc2ccc(OC)c(OCCCN3CCCC3)c2)n1. The first-order valence-electron chi connectivity index (χ1n) is 11.4. The lowest BCUT2D eigenvalue weighted by atomic mass is 10.2. The third-order valence-corrected chi connectivity index (χ3v) is 5.89. The van der Waals surface area contributed by atoms with E-state index < -0.39 is 0 Å². The monoisotopic (exact) mass is 426 g/mol. The average Bonchev–Trinajstić information content (AvgIpc) is 3.51. The van der Waals surface area contributed by atoms with Crippen LogP contribution in [0.1, 0.15) is 32.1 Å². The van der Waals surface area contributed by atoms with Crippen molar-refractivity contribution in [1.29, 1.82) is 0 Å². The van der Waals surface area contributed by atoms with Gasteiger partial charge in [0, 0.05) is 44.5 Å². The molecule has 2 aliphatic heterocycles. The van der Waals surface area contributed by atoms with Crippen LogP contribution in [-0.2, 0) is 0 Å². The number of anilines is 4. The largest absolute Gasteiger partial charge is 0.493 e. The van der Waals surface area contributed by atoms with Crippen LogP contribution in [0.2, 0.25) is 0 Å². The van der Waals surface area contributed by atoms with E-state index in [1.54, 1.807) is 7.11 Å². The lowest BCUT2D eigenvalue weighted by Crippen LogP contribution is -2.21. The van der Waals surface area contributed by atoms with Crippen LogP contribution in [0.5, 0.6) is 11.5 Å². The third kappa shape index (κ3) is 5.70. The first kappa shape index (κ1) is 21.5. The first-order valence-corrected chi connectivity index (χ1v) is 11.4. The van der Waals surface area contributed by atoms with Gasteiger partial charge in [-0.25, -0.2) is 0 Å². The zero-order valence-electron chi connectivity index (χ0n) is 18.7. The summed E-state index contributed by atoms with van der Waals surface area (Å²) in [6, 6.07) is 7.83. The minimum Gasteiger partial charge on any atom is -0.493 e. The molecule has 0 aliphatic carbocycles. The Balaban J connectivity index is 1.43. The predicted molar refractivity (Wildman–Crippen MR) is 125 cm³/mol. The Hall–Kier alpha value is -2.74. The number of benzene rings is 1. The fourth-order valence-electron chi connectivity index (χ4n) is 4.20. The van der Waals surface area contributed by atoms with Crippen molar-refractivity contribution in [2.24, 2.45) is 0 Å².